The van der Waals surface area contributed by atoms with Gasteiger partial charge in [-0.3, -0.25) is 4.79 Å². The zero-order valence-corrected chi connectivity index (χ0v) is 9.28. The molecule has 92 valence electrons. The van der Waals surface area contributed by atoms with Crippen molar-refractivity contribution in [3.05, 3.63) is 35.6 Å². The summed E-state index contributed by atoms with van der Waals surface area (Å²) in [5.41, 5.74) is -0.754. The van der Waals surface area contributed by atoms with Gasteiger partial charge >= 0.3 is 0 Å². The summed E-state index contributed by atoms with van der Waals surface area (Å²) in [4.78, 5) is 11.7. The lowest BCUT2D eigenvalue weighted by molar-refractivity contribution is 0.0264. The molecule has 1 heterocycles. The van der Waals surface area contributed by atoms with Crippen LogP contribution in [0.15, 0.2) is 24.3 Å². The third kappa shape index (κ3) is 3.01. The van der Waals surface area contributed by atoms with Gasteiger partial charge in [0, 0.05) is 25.1 Å². The second kappa shape index (κ2) is 4.81. The maximum Gasteiger partial charge on any atom is 0.251 e. The van der Waals surface area contributed by atoms with E-state index in [1.54, 1.807) is 0 Å². The van der Waals surface area contributed by atoms with Crippen LogP contribution < -0.4 is 5.32 Å². The van der Waals surface area contributed by atoms with Crippen LogP contribution in [0.2, 0.25) is 0 Å². The van der Waals surface area contributed by atoms with Crippen molar-refractivity contribution in [1.82, 2.24) is 5.32 Å². The van der Waals surface area contributed by atoms with Crippen molar-refractivity contribution < 1.29 is 19.0 Å². The van der Waals surface area contributed by atoms with Crippen molar-refractivity contribution in [3.8, 4) is 0 Å². The van der Waals surface area contributed by atoms with Gasteiger partial charge in [0.2, 0.25) is 0 Å². The number of hydrogen-bond donors (Lipinski definition) is 2. The number of ether oxygens (including phenoxy) is 1. The minimum atomic E-state index is -0.997. The highest BCUT2D eigenvalue weighted by atomic mass is 19.1. The Morgan fingerprint density at radius 3 is 3.06 bits per heavy atom. The van der Waals surface area contributed by atoms with Crippen LogP contribution in [0.1, 0.15) is 16.8 Å². The van der Waals surface area contributed by atoms with Gasteiger partial charge in [-0.15, -0.1) is 0 Å². The van der Waals surface area contributed by atoms with Crippen LogP contribution in [-0.4, -0.2) is 36.4 Å². The highest BCUT2D eigenvalue weighted by molar-refractivity contribution is 5.94. The molecule has 1 aromatic rings. The standard InChI is InChI=1S/C12H14FNO3/c13-10-3-1-2-9(6-10)11(15)14-7-12(16)4-5-17-8-12/h1-3,6,16H,4-5,7-8H2,(H,14,15). The fourth-order valence-electron chi connectivity index (χ4n) is 1.71. The summed E-state index contributed by atoms with van der Waals surface area (Å²) < 4.78 is 18.0. The Labute approximate surface area is 98.4 Å². The Morgan fingerprint density at radius 1 is 1.59 bits per heavy atom. The fourth-order valence-corrected chi connectivity index (χ4v) is 1.71. The van der Waals surface area contributed by atoms with Gasteiger partial charge in [-0.1, -0.05) is 6.07 Å². The monoisotopic (exact) mass is 239 g/mol. The SMILES string of the molecule is O=C(NCC1(O)CCOC1)c1cccc(F)c1. The molecule has 2 N–H and O–H groups in total. The highest BCUT2D eigenvalue weighted by Crippen LogP contribution is 2.17. The number of hydrogen-bond acceptors (Lipinski definition) is 3. The van der Waals surface area contributed by atoms with Crippen LogP contribution in [0.5, 0.6) is 0 Å². The summed E-state index contributed by atoms with van der Waals surface area (Å²) in [5.74, 6) is -0.856. The van der Waals surface area contributed by atoms with Gasteiger partial charge in [-0.05, 0) is 18.2 Å². The first kappa shape index (κ1) is 12.0. The number of carbonyl (C=O) groups is 1. The van der Waals surface area contributed by atoms with Crippen molar-refractivity contribution >= 4 is 5.91 Å². The molecule has 1 aromatic carbocycles. The van der Waals surface area contributed by atoms with Gasteiger partial charge in [0.05, 0.1) is 6.61 Å². The molecule has 1 fully saturated rings. The second-order valence-corrected chi connectivity index (χ2v) is 4.22. The topological polar surface area (TPSA) is 58.6 Å². The fraction of sp³-hybridized carbons (Fsp3) is 0.417. The van der Waals surface area contributed by atoms with Gasteiger partial charge in [0.15, 0.2) is 0 Å². The molecule has 17 heavy (non-hydrogen) atoms. The van der Waals surface area contributed by atoms with Crippen LogP contribution in [-0.2, 0) is 4.74 Å². The van der Waals surface area contributed by atoms with E-state index in [9.17, 15) is 14.3 Å². The normalized spacial score (nSPS) is 23.6. The molecule has 1 unspecified atom stereocenters. The third-order valence-corrected chi connectivity index (χ3v) is 2.75. The molecule has 1 amide bonds. The number of benzene rings is 1. The summed E-state index contributed by atoms with van der Waals surface area (Å²) in [6, 6.07) is 5.42. The van der Waals surface area contributed by atoms with Crippen LogP contribution in [0.25, 0.3) is 0 Å². The maximum absolute atomic E-state index is 12.9. The molecular formula is C12H14FNO3. The smallest absolute Gasteiger partial charge is 0.251 e. The zero-order valence-electron chi connectivity index (χ0n) is 9.28. The number of aliphatic hydroxyl groups is 1. The van der Waals surface area contributed by atoms with Crippen LogP contribution >= 0.6 is 0 Å². The predicted octanol–water partition coefficient (Wildman–Crippen LogP) is 0.707. The maximum atomic E-state index is 12.9. The zero-order chi connectivity index (χ0) is 12.3. The molecule has 0 aromatic heterocycles. The quantitative estimate of drug-likeness (QED) is 0.816. The van der Waals surface area contributed by atoms with Gasteiger partial charge in [0.25, 0.3) is 5.91 Å². The molecule has 0 aliphatic carbocycles. The molecule has 1 aliphatic rings. The Morgan fingerprint density at radius 2 is 2.41 bits per heavy atom. The Balaban J connectivity index is 1.93. The predicted molar refractivity (Wildman–Crippen MR) is 59.1 cm³/mol. The van der Waals surface area contributed by atoms with Crippen LogP contribution in [0.4, 0.5) is 4.39 Å². The van der Waals surface area contributed by atoms with Gasteiger partial charge < -0.3 is 15.2 Å². The molecule has 4 nitrogen and oxygen atoms in total. The van der Waals surface area contributed by atoms with E-state index in [0.29, 0.717) is 13.0 Å². The average Bonchev–Trinajstić information content (AvgIpc) is 2.74. The Hall–Kier alpha value is -1.46. The molecule has 5 heteroatoms. The summed E-state index contributed by atoms with van der Waals surface area (Å²) in [7, 11) is 0. The summed E-state index contributed by atoms with van der Waals surface area (Å²) in [6.45, 7) is 0.825. The van der Waals surface area contributed by atoms with E-state index in [0.717, 1.165) is 6.07 Å². The van der Waals surface area contributed by atoms with Crippen molar-refractivity contribution in [1.29, 1.82) is 0 Å². The van der Waals surface area contributed by atoms with E-state index in [-0.39, 0.29) is 18.7 Å². The summed E-state index contributed by atoms with van der Waals surface area (Å²) >= 11 is 0. The lowest BCUT2D eigenvalue weighted by Gasteiger charge is -2.20. The summed E-state index contributed by atoms with van der Waals surface area (Å²) in [5, 5.41) is 12.5. The summed E-state index contributed by atoms with van der Waals surface area (Å²) in [6.07, 6.45) is 0.496. The lowest BCUT2D eigenvalue weighted by atomic mass is 10.0. The van der Waals surface area contributed by atoms with Crippen molar-refractivity contribution in [2.45, 2.75) is 12.0 Å². The Bertz CT molecular complexity index is 416. The van der Waals surface area contributed by atoms with Gasteiger partial charge in [0.1, 0.15) is 11.4 Å². The molecule has 1 saturated heterocycles. The van der Waals surface area contributed by atoms with Gasteiger partial charge in [-0.25, -0.2) is 4.39 Å². The first-order chi connectivity index (χ1) is 8.09. The van der Waals surface area contributed by atoms with E-state index >= 15 is 0 Å². The molecule has 0 spiro atoms. The molecule has 2 rings (SSSR count). The van der Waals surface area contributed by atoms with E-state index in [4.69, 9.17) is 4.74 Å². The number of nitrogens with one attached hydrogen (secondary N) is 1. The minimum absolute atomic E-state index is 0.113. The number of amides is 1. The van der Waals surface area contributed by atoms with Crippen molar-refractivity contribution in [2.75, 3.05) is 19.8 Å². The van der Waals surface area contributed by atoms with Crippen molar-refractivity contribution in [2.24, 2.45) is 0 Å². The van der Waals surface area contributed by atoms with E-state index in [1.165, 1.54) is 18.2 Å². The molecule has 0 saturated carbocycles. The van der Waals surface area contributed by atoms with Crippen LogP contribution in [0.3, 0.4) is 0 Å². The van der Waals surface area contributed by atoms with Crippen LogP contribution in [0, 0.1) is 5.82 Å². The minimum Gasteiger partial charge on any atom is -0.386 e. The highest BCUT2D eigenvalue weighted by Gasteiger charge is 2.32. The number of carbonyl (C=O) groups excluding carboxylic acids is 1. The number of rotatable bonds is 3. The molecule has 1 aliphatic heterocycles. The van der Waals surface area contributed by atoms with Crippen molar-refractivity contribution in [3.63, 3.8) is 0 Å². The largest absolute Gasteiger partial charge is 0.386 e. The molecule has 0 radical (unpaired) electrons. The molecule has 0 bridgehead atoms. The average molecular weight is 239 g/mol. The third-order valence-electron chi connectivity index (χ3n) is 2.75. The van der Waals surface area contributed by atoms with E-state index in [1.807, 2.05) is 0 Å². The lowest BCUT2D eigenvalue weighted by Crippen LogP contribution is -2.43. The first-order valence-corrected chi connectivity index (χ1v) is 5.43. The van der Waals surface area contributed by atoms with E-state index in [2.05, 4.69) is 5.32 Å². The van der Waals surface area contributed by atoms with E-state index < -0.39 is 17.3 Å². The second-order valence-electron chi connectivity index (χ2n) is 4.22. The Kier molecular flexibility index (Phi) is 3.40. The molecule has 1 atom stereocenters. The molecular weight excluding hydrogens is 225 g/mol. The first-order valence-electron chi connectivity index (χ1n) is 5.43. The number of halogens is 1. The van der Waals surface area contributed by atoms with Gasteiger partial charge in [-0.2, -0.15) is 0 Å².